The normalized spacial score (nSPS) is 12.0. The summed E-state index contributed by atoms with van der Waals surface area (Å²) in [6.45, 7) is 4.20. The van der Waals surface area contributed by atoms with Crippen LogP contribution in [0, 0.1) is 0 Å². The summed E-state index contributed by atoms with van der Waals surface area (Å²) in [6, 6.07) is 1.05. The Kier molecular flexibility index (Phi) is 4.74. The van der Waals surface area contributed by atoms with E-state index in [1.807, 2.05) is 13.1 Å². The number of carbonyl (C=O) groups excluding carboxylic acids is 2. The number of amides is 1. The minimum Gasteiger partial charge on any atom is -0.467 e. The number of hydrogen-bond acceptors (Lipinski definition) is 3. The van der Waals surface area contributed by atoms with Crippen molar-refractivity contribution in [3.63, 3.8) is 0 Å². The lowest BCUT2D eigenvalue weighted by Crippen LogP contribution is -2.39. The van der Waals surface area contributed by atoms with E-state index in [-0.39, 0.29) is 5.91 Å². The number of aryl methyl sites for hydroxylation is 1. The lowest BCUT2D eigenvalue weighted by Gasteiger charge is -2.12. The first-order valence-electron chi connectivity index (χ1n) is 5.24. The summed E-state index contributed by atoms with van der Waals surface area (Å²) < 4.78 is 7.16. The predicted molar refractivity (Wildman–Crippen MR) is 66.8 cm³/mol. The highest BCUT2D eigenvalue weighted by atomic mass is 79.9. The second-order valence-electron chi connectivity index (χ2n) is 3.55. The predicted octanol–water partition coefficient (Wildman–Crippen LogP) is 1.56. The molecular weight excluding hydrogens is 288 g/mol. The van der Waals surface area contributed by atoms with Gasteiger partial charge in [-0.1, -0.05) is 0 Å². The second kappa shape index (κ2) is 5.86. The van der Waals surface area contributed by atoms with Crippen LogP contribution < -0.4 is 5.32 Å². The van der Waals surface area contributed by atoms with Gasteiger partial charge in [-0.15, -0.1) is 0 Å². The van der Waals surface area contributed by atoms with Gasteiger partial charge in [-0.25, -0.2) is 4.79 Å². The van der Waals surface area contributed by atoms with Crippen LogP contribution in [0.3, 0.4) is 0 Å². The smallest absolute Gasteiger partial charge is 0.328 e. The van der Waals surface area contributed by atoms with Crippen LogP contribution in [-0.2, 0) is 16.1 Å². The van der Waals surface area contributed by atoms with E-state index in [0.717, 1.165) is 4.47 Å². The van der Waals surface area contributed by atoms with Crippen molar-refractivity contribution in [2.24, 2.45) is 0 Å². The van der Waals surface area contributed by atoms with Gasteiger partial charge in [-0.05, 0) is 35.8 Å². The van der Waals surface area contributed by atoms with E-state index in [2.05, 4.69) is 26.0 Å². The Morgan fingerprint density at radius 1 is 1.59 bits per heavy atom. The first-order valence-corrected chi connectivity index (χ1v) is 6.03. The zero-order chi connectivity index (χ0) is 13.0. The van der Waals surface area contributed by atoms with Crippen molar-refractivity contribution < 1.29 is 14.3 Å². The summed E-state index contributed by atoms with van der Waals surface area (Å²) in [7, 11) is 1.29. The number of carbonyl (C=O) groups is 2. The van der Waals surface area contributed by atoms with Gasteiger partial charge in [-0.3, -0.25) is 4.79 Å². The molecule has 0 unspecified atom stereocenters. The molecule has 1 atom stereocenters. The van der Waals surface area contributed by atoms with Gasteiger partial charge in [0.05, 0.1) is 7.11 Å². The third-order valence-corrected chi connectivity index (χ3v) is 2.77. The maximum atomic E-state index is 11.9. The molecule has 0 saturated heterocycles. The maximum absolute atomic E-state index is 11.9. The standard InChI is InChI=1S/C11H15BrN2O3/c1-4-14-6-8(12)5-9(14)10(15)13-7(2)11(16)17-3/h5-7H,4H2,1-3H3,(H,13,15)/t7-/m0/s1. The molecule has 0 aliphatic carbocycles. The largest absolute Gasteiger partial charge is 0.467 e. The Bertz CT molecular complexity index is 428. The highest BCUT2D eigenvalue weighted by Gasteiger charge is 2.19. The first kappa shape index (κ1) is 13.8. The lowest BCUT2D eigenvalue weighted by atomic mass is 10.3. The summed E-state index contributed by atoms with van der Waals surface area (Å²) in [5.74, 6) is -0.762. The number of hydrogen-bond donors (Lipinski definition) is 1. The summed E-state index contributed by atoms with van der Waals surface area (Å²) in [5, 5.41) is 2.58. The van der Waals surface area contributed by atoms with Crippen molar-refractivity contribution in [2.45, 2.75) is 26.4 Å². The number of halogens is 1. The fourth-order valence-electron chi connectivity index (χ4n) is 1.43. The number of esters is 1. The molecule has 1 N–H and O–H groups in total. The first-order chi connectivity index (χ1) is 7.99. The van der Waals surface area contributed by atoms with Gasteiger partial charge in [0.1, 0.15) is 11.7 Å². The van der Waals surface area contributed by atoms with Gasteiger partial charge in [0.15, 0.2) is 0 Å². The van der Waals surface area contributed by atoms with E-state index in [9.17, 15) is 9.59 Å². The highest BCUT2D eigenvalue weighted by molar-refractivity contribution is 9.10. The minimum absolute atomic E-state index is 0.296. The monoisotopic (exact) mass is 302 g/mol. The molecule has 0 aliphatic rings. The van der Waals surface area contributed by atoms with E-state index in [1.54, 1.807) is 17.6 Å². The van der Waals surface area contributed by atoms with Gasteiger partial charge in [0.25, 0.3) is 5.91 Å². The SMILES string of the molecule is CCn1cc(Br)cc1C(=O)N[C@@H](C)C(=O)OC. The number of rotatable bonds is 4. The fourth-order valence-corrected chi connectivity index (χ4v) is 1.90. The van der Waals surface area contributed by atoms with Crippen LogP contribution in [0.2, 0.25) is 0 Å². The fraction of sp³-hybridized carbons (Fsp3) is 0.455. The third kappa shape index (κ3) is 3.33. The molecule has 0 spiro atoms. The topological polar surface area (TPSA) is 60.3 Å². The van der Waals surface area contributed by atoms with Crippen LogP contribution in [0.4, 0.5) is 0 Å². The van der Waals surface area contributed by atoms with Crippen molar-refractivity contribution in [1.82, 2.24) is 9.88 Å². The maximum Gasteiger partial charge on any atom is 0.328 e. The summed E-state index contributed by atoms with van der Waals surface area (Å²) in [6.07, 6.45) is 1.82. The van der Waals surface area contributed by atoms with Crippen LogP contribution in [-0.4, -0.2) is 29.6 Å². The van der Waals surface area contributed by atoms with Crippen LogP contribution in [0.15, 0.2) is 16.7 Å². The van der Waals surface area contributed by atoms with Gasteiger partial charge in [0.2, 0.25) is 0 Å². The quantitative estimate of drug-likeness (QED) is 0.859. The van der Waals surface area contributed by atoms with Gasteiger partial charge in [0, 0.05) is 17.2 Å². The van der Waals surface area contributed by atoms with E-state index in [4.69, 9.17) is 0 Å². The van der Waals surface area contributed by atoms with E-state index >= 15 is 0 Å². The number of ether oxygens (including phenoxy) is 1. The van der Waals surface area contributed by atoms with Crippen LogP contribution in [0.25, 0.3) is 0 Å². The number of aromatic nitrogens is 1. The Hall–Kier alpha value is -1.30. The van der Waals surface area contributed by atoms with Gasteiger partial charge in [-0.2, -0.15) is 0 Å². The molecule has 0 aliphatic heterocycles. The summed E-state index contributed by atoms with van der Waals surface area (Å²) >= 11 is 3.31. The average molecular weight is 303 g/mol. The number of nitrogens with one attached hydrogen (secondary N) is 1. The van der Waals surface area contributed by atoms with Crippen LogP contribution >= 0.6 is 15.9 Å². The zero-order valence-corrected chi connectivity index (χ0v) is 11.6. The molecule has 0 radical (unpaired) electrons. The lowest BCUT2D eigenvalue weighted by molar-refractivity contribution is -0.142. The third-order valence-electron chi connectivity index (χ3n) is 2.34. The van der Waals surface area contributed by atoms with Crippen molar-refractivity contribution in [3.05, 3.63) is 22.4 Å². The van der Waals surface area contributed by atoms with E-state index in [0.29, 0.717) is 12.2 Å². The number of methoxy groups -OCH3 is 1. The Morgan fingerprint density at radius 3 is 2.76 bits per heavy atom. The van der Waals surface area contributed by atoms with Crippen molar-refractivity contribution in [2.75, 3.05) is 7.11 Å². The molecule has 1 aromatic rings. The Labute approximate surface area is 108 Å². The molecule has 1 rings (SSSR count). The van der Waals surface area contributed by atoms with E-state index < -0.39 is 12.0 Å². The average Bonchev–Trinajstić information content (AvgIpc) is 2.69. The zero-order valence-electron chi connectivity index (χ0n) is 9.99. The molecule has 0 aromatic carbocycles. The van der Waals surface area contributed by atoms with Crippen molar-refractivity contribution in [3.8, 4) is 0 Å². The molecule has 0 fully saturated rings. The molecular formula is C11H15BrN2O3. The molecule has 5 nitrogen and oxygen atoms in total. The molecule has 1 aromatic heterocycles. The van der Waals surface area contributed by atoms with Crippen LogP contribution in [0.1, 0.15) is 24.3 Å². The highest BCUT2D eigenvalue weighted by Crippen LogP contribution is 2.15. The molecule has 0 saturated carbocycles. The molecule has 94 valence electrons. The molecule has 1 amide bonds. The minimum atomic E-state index is -0.661. The molecule has 6 heteroatoms. The Balaban J connectivity index is 2.79. The Morgan fingerprint density at radius 2 is 2.24 bits per heavy atom. The molecule has 17 heavy (non-hydrogen) atoms. The van der Waals surface area contributed by atoms with E-state index in [1.165, 1.54) is 7.11 Å². The van der Waals surface area contributed by atoms with Crippen LogP contribution in [0.5, 0.6) is 0 Å². The van der Waals surface area contributed by atoms with Gasteiger partial charge < -0.3 is 14.6 Å². The van der Waals surface area contributed by atoms with Crippen molar-refractivity contribution >= 4 is 27.8 Å². The number of nitrogens with zero attached hydrogens (tertiary/aromatic N) is 1. The van der Waals surface area contributed by atoms with Gasteiger partial charge >= 0.3 is 5.97 Å². The van der Waals surface area contributed by atoms with Crippen molar-refractivity contribution in [1.29, 1.82) is 0 Å². The molecule has 1 heterocycles. The summed E-state index contributed by atoms with van der Waals surface area (Å²) in [5.41, 5.74) is 0.509. The molecule has 0 bridgehead atoms. The second-order valence-corrected chi connectivity index (χ2v) is 4.46. The summed E-state index contributed by atoms with van der Waals surface area (Å²) in [4.78, 5) is 23.1.